The van der Waals surface area contributed by atoms with Gasteiger partial charge in [-0.05, 0) is 43.4 Å². The molecule has 1 saturated carbocycles. The topological polar surface area (TPSA) is 99.3 Å². The number of carbonyl (C=O) groups is 3. The maximum absolute atomic E-state index is 12.3. The molecule has 1 heterocycles. The maximum Gasteiger partial charge on any atom is 0.322 e. The van der Waals surface area contributed by atoms with Crippen LogP contribution >= 0.6 is 23.2 Å². The average Bonchev–Trinajstić information content (AvgIpc) is 2.91. The second kappa shape index (κ2) is 7.79. The van der Waals surface area contributed by atoms with Gasteiger partial charge in [0.25, 0.3) is 5.91 Å². The van der Waals surface area contributed by atoms with Crippen LogP contribution in [0, 0.1) is 0 Å². The van der Waals surface area contributed by atoms with Crippen molar-refractivity contribution in [3.05, 3.63) is 33.8 Å². The molecule has 2 fully saturated rings. The van der Waals surface area contributed by atoms with Gasteiger partial charge in [0.05, 0.1) is 10.0 Å². The van der Waals surface area contributed by atoms with Gasteiger partial charge in [0, 0.05) is 18.0 Å². The molecule has 4 N–H and O–H groups in total. The first-order valence-electron chi connectivity index (χ1n) is 9.25. The van der Waals surface area contributed by atoms with E-state index in [1.807, 2.05) is 26.0 Å². The molecule has 2 aliphatic rings. The monoisotopic (exact) mass is 426 g/mol. The summed E-state index contributed by atoms with van der Waals surface area (Å²) >= 11 is 12.1. The Morgan fingerprint density at radius 1 is 1.21 bits per heavy atom. The first kappa shape index (κ1) is 20.7. The molecule has 7 nitrogen and oxygen atoms in total. The minimum absolute atomic E-state index is 0.0379. The van der Waals surface area contributed by atoms with Gasteiger partial charge in [-0.1, -0.05) is 43.1 Å². The molecule has 0 radical (unpaired) electrons. The van der Waals surface area contributed by atoms with Gasteiger partial charge in [0.1, 0.15) is 5.54 Å². The summed E-state index contributed by atoms with van der Waals surface area (Å²) in [6.45, 7) is 4.45. The van der Waals surface area contributed by atoms with Gasteiger partial charge in [-0.2, -0.15) is 0 Å². The Morgan fingerprint density at radius 3 is 2.46 bits per heavy atom. The summed E-state index contributed by atoms with van der Waals surface area (Å²) in [5, 5.41) is 11.8. The lowest BCUT2D eigenvalue weighted by atomic mass is 9.79. The summed E-state index contributed by atoms with van der Waals surface area (Å²) in [5.41, 5.74) is -0.166. The second-order valence-electron chi connectivity index (χ2n) is 8.10. The molecular formula is C19H24Cl2N4O3. The van der Waals surface area contributed by atoms with Crippen LogP contribution in [0.3, 0.4) is 0 Å². The fourth-order valence-electron chi connectivity index (χ4n) is 3.69. The number of hydrogen-bond acceptors (Lipinski definition) is 3. The van der Waals surface area contributed by atoms with E-state index in [4.69, 9.17) is 23.2 Å². The van der Waals surface area contributed by atoms with Crippen molar-refractivity contribution < 1.29 is 14.4 Å². The molecule has 152 valence electrons. The molecule has 1 spiro atoms. The number of halogens is 2. The maximum atomic E-state index is 12.3. The van der Waals surface area contributed by atoms with Crippen LogP contribution in [0.2, 0.25) is 10.0 Å². The van der Waals surface area contributed by atoms with Crippen LogP contribution < -0.4 is 21.3 Å². The van der Waals surface area contributed by atoms with Crippen LogP contribution in [0.25, 0.3) is 0 Å². The molecule has 1 saturated heterocycles. The number of urea groups is 2. The largest absolute Gasteiger partial charge is 0.337 e. The van der Waals surface area contributed by atoms with E-state index in [0.29, 0.717) is 42.3 Å². The number of nitrogens with one attached hydrogen (secondary N) is 4. The van der Waals surface area contributed by atoms with Crippen LogP contribution in [-0.2, 0) is 10.2 Å². The zero-order valence-electron chi connectivity index (χ0n) is 15.8. The number of amides is 5. The highest BCUT2D eigenvalue weighted by atomic mass is 35.5. The van der Waals surface area contributed by atoms with Crippen molar-refractivity contribution in [2.24, 2.45) is 0 Å². The Kier molecular flexibility index (Phi) is 5.77. The molecule has 1 aliphatic carbocycles. The van der Waals surface area contributed by atoms with Crippen molar-refractivity contribution in [3.63, 3.8) is 0 Å². The zero-order chi connectivity index (χ0) is 20.5. The minimum atomic E-state index is -0.818. The van der Waals surface area contributed by atoms with Gasteiger partial charge < -0.3 is 16.0 Å². The Bertz CT molecular complexity index is 804. The lowest BCUT2D eigenvalue weighted by molar-refractivity contribution is -0.125. The fourth-order valence-corrected chi connectivity index (χ4v) is 3.99. The molecule has 1 aromatic rings. The predicted molar refractivity (Wildman–Crippen MR) is 108 cm³/mol. The van der Waals surface area contributed by atoms with Crippen LogP contribution in [0.4, 0.5) is 9.59 Å². The molecule has 0 unspecified atom stereocenters. The normalized spacial score (nSPS) is 24.6. The molecule has 0 bridgehead atoms. The standard InChI is InChI=1S/C19H24Cl2N4O3/c1-18(2,11-3-4-13(20)14(21)9-11)10-22-16(27)23-12-5-7-19(8-6-12)15(26)24-17(28)25-19/h3-4,9,12H,5-8,10H2,1-2H3,(H2,22,23,27)(H2,24,25,26,28). The first-order chi connectivity index (χ1) is 13.1. The molecule has 0 atom stereocenters. The highest BCUT2D eigenvalue weighted by Crippen LogP contribution is 2.31. The Morgan fingerprint density at radius 2 is 1.89 bits per heavy atom. The predicted octanol–water partition coefficient (Wildman–Crippen LogP) is 3.09. The number of hydrogen-bond donors (Lipinski definition) is 4. The molecule has 1 aliphatic heterocycles. The van der Waals surface area contributed by atoms with E-state index >= 15 is 0 Å². The van der Waals surface area contributed by atoms with Gasteiger partial charge >= 0.3 is 12.1 Å². The van der Waals surface area contributed by atoms with Crippen molar-refractivity contribution in [2.75, 3.05) is 6.54 Å². The number of rotatable bonds is 4. The van der Waals surface area contributed by atoms with Gasteiger partial charge in [0.15, 0.2) is 0 Å². The third-order valence-electron chi connectivity index (χ3n) is 5.58. The Hall–Kier alpha value is -1.99. The lowest BCUT2D eigenvalue weighted by Crippen LogP contribution is -2.54. The molecule has 3 rings (SSSR count). The highest BCUT2D eigenvalue weighted by Gasteiger charge is 2.48. The van der Waals surface area contributed by atoms with E-state index in [1.165, 1.54) is 0 Å². The van der Waals surface area contributed by atoms with Crippen LogP contribution in [0.1, 0.15) is 45.1 Å². The van der Waals surface area contributed by atoms with Gasteiger partial charge in [-0.25, -0.2) is 9.59 Å². The van der Waals surface area contributed by atoms with Crippen LogP contribution in [-0.4, -0.2) is 36.1 Å². The minimum Gasteiger partial charge on any atom is -0.337 e. The molecular weight excluding hydrogens is 403 g/mol. The molecule has 0 aromatic heterocycles. The van der Waals surface area contributed by atoms with E-state index in [-0.39, 0.29) is 23.4 Å². The van der Waals surface area contributed by atoms with E-state index < -0.39 is 11.6 Å². The van der Waals surface area contributed by atoms with Crippen molar-refractivity contribution in [1.29, 1.82) is 0 Å². The summed E-state index contributed by atoms with van der Waals surface area (Å²) in [7, 11) is 0. The third kappa shape index (κ3) is 4.36. The molecule has 5 amide bonds. The van der Waals surface area contributed by atoms with Crippen molar-refractivity contribution in [3.8, 4) is 0 Å². The number of benzene rings is 1. The van der Waals surface area contributed by atoms with Gasteiger partial charge in [0.2, 0.25) is 0 Å². The second-order valence-corrected chi connectivity index (χ2v) is 8.92. The van der Waals surface area contributed by atoms with Crippen molar-refractivity contribution >= 4 is 41.2 Å². The first-order valence-corrected chi connectivity index (χ1v) is 10.0. The van der Waals surface area contributed by atoms with E-state index in [2.05, 4.69) is 21.3 Å². The van der Waals surface area contributed by atoms with Crippen LogP contribution in [0.5, 0.6) is 0 Å². The number of carbonyl (C=O) groups excluding carboxylic acids is 3. The molecule has 28 heavy (non-hydrogen) atoms. The van der Waals surface area contributed by atoms with Gasteiger partial charge in [-0.15, -0.1) is 0 Å². The van der Waals surface area contributed by atoms with Crippen molar-refractivity contribution in [2.45, 2.75) is 56.5 Å². The lowest BCUT2D eigenvalue weighted by Gasteiger charge is -2.35. The van der Waals surface area contributed by atoms with E-state index in [9.17, 15) is 14.4 Å². The quantitative estimate of drug-likeness (QED) is 0.556. The van der Waals surface area contributed by atoms with E-state index in [0.717, 1.165) is 5.56 Å². The summed E-state index contributed by atoms with van der Waals surface area (Å²) in [6, 6.07) is 4.72. The molecule has 9 heteroatoms. The Labute approximate surface area is 173 Å². The fraction of sp³-hybridized carbons (Fsp3) is 0.526. The van der Waals surface area contributed by atoms with Crippen LogP contribution in [0.15, 0.2) is 18.2 Å². The van der Waals surface area contributed by atoms with Crippen molar-refractivity contribution in [1.82, 2.24) is 21.3 Å². The summed E-state index contributed by atoms with van der Waals surface area (Å²) < 4.78 is 0. The Balaban J connectivity index is 1.49. The highest BCUT2D eigenvalue weighted by molar-refractivity contribution is 6.42. The smallest absolute Gasteiger partial charge is 0.322 e. The summed E-state index contributed by atoms with van der Waals surface area (Å²) in [4.78, 5) is 35.7. The number of imide groups is 1. The summed E-state index contributed by atoms with van der Waals surface area (Å²) in [6.07, 6.45) is 2.25. The van der Waals surface area contributed by atoms with E-state index in [1.54, 1.807) is 6.07 Å². The third-order valence-corrected chi connectivity index (χ3v) is 6.32. The SMILES string of the molecule is CC(C)(CNC(=O)NC1CCC2(CC1)NC(=O)NC2=O)c1ccc(Cl)c(Cl)c1. The average molecular weight is 427 g/mol. The summed E-state index contributed by atoms with van der Waals surface area (Å²) in [5.74, 6) is -0.274. The van der Waals surface area contributed by atoms with Gasteiger partial charge in [-0.3, -0.25) is 10.1 Å². The zero-order valence-corrected chi connectivity index (χ0v) is 17.3. The molecule has 1 aromatic carbocycles.